The van der Waals surface area contributed by atoms with Crippen molar-refractivity contribution < 1.29 is 18.3 Å². The van der Waals surface area contributed by atoms with Gasteiger partial charge in [-0.05, 0) is 31.9 Å². The lowest BCUT2D eigenvalue weighted by Crippen LogP contribution is -2.51. The van der Waals surface area contributed by atoms with Crippen LogP contribution in [0.25, 0.3) is 5.65 Å². The maximum absolute atomic E-state index is 12.8. The van der Waals surface area contributed by atoms with E-state index in [0.29, 0.717) is 56.7 Å². The van der Waals surface area contributed by atoms with Crippen molar-refractivity contribution >= 4 is 56.5 Å². The highest BCUT2D eigenvalue weighted by molar-refractivity contribution is 8.00. The van der Waals surface area contributed by atoms with Gasteiger partial charge in [0, 0.05) is 35.5 Å². The van der Waals surface area contributed by atoms with Gasteiger partial charge in [0.15, 0.2) is 5.65 Å². The number of nitrogens with zero attached hydrogens (tertiary/aromatic N) is 3. The normalized spacial score (nSPS) is 22.1. The zero-order valence-corrected chi connectivity index (χ0v) is 22.7. The van der Waals surface area contributed by atoms with Gasteiger partial charge in [-0.2, -0.15) is 0 Å². The number of aromatic nitrogens is 2. The van der Waals surface area contributed by atoms with Crippen LogP contribution < -0.4 is 15.8 Å². The van der Waals surface area contributed by atoms with E-state index in [9.17, 15) is 13.5 Å². The highest BCUT2D eigenvalue weighted by Gasteiger charge is 2.47. The number of imidazole rings is 1. The van der Waals surface area contributed by atoms with Crippen molar-refractivity contribution in [2.45, 2.75) is 53.2 Å². The number of hydrogen-bond donors (Lipinski definition) is 3. The van der Waals surface area contributed by atoms with Crippen molar-refractivity contribution in [2.75, 3.05) is 24.6 Å². The highest BCUT2D eigenvalue weighted by atomic mass is 35.5. The summed E-state index contributed by atoms with van der Waals surface area (Å²) < 4.78 is 33.2. The molecule has 0 amide bonds. The number of ether oxygens (including phenoxy) is 1. The summed E-state index contributed by atoms with van der Waals surface area (Å²) in [6.45, 7) is 3.61. The number of aliphatic hydroxyl groups excluding tert-OH is 1. The van der Waals surface area contributed by atoms with Crippen molar-refractivity contribution in [2.24, 2.45) is 16.3 Å². The number of rotatable bonds is 5. The van der Waals surface area contributed by atoms with Gasteiger partial charge in [0.05, 0.1) is 46.1 Å². The number of benzene rings is 1. The first-order valence-corrected chi connectivity index (χ1v) is 14.6. The zero-order valence-electron chi connectivity index (χ0n) is 19.5. The van der Waals surface area contributed by atoms with E-state index in [1.54, 1.807) is 28.7 Å². The number of piperidine rings is 1. The first kappa shape index (κ1) is 26.1. The maximum Gasteiger partial charge on any atom is 0.239 e. The molecule has 2 aliphatic rings. The molecule has 1 spiro atoms. The molecule has 0 saturated carbocycles. The minimum atomic E-state index is -4.14. The molecular formula is C23H27Cl2N5O4S2. The number of anilines is 1. The van der Waals surface area contributed by atoms with Crippen molar-refractivity contribution in [3.63, 3.8) is 0 Å². The lowest BCUT2D eigenvalue weighted by Gasteiger charge is -2.42. The van der Waals surface area contributed by atoms with Gasteiger partial charge in [-0.25, -0.2) is 18.5 Å². The number of halogens is 2. The largest absolute Gasteiger partial charge is 0.390 e. The van der Waals surface area contributed by atoms with Crippen LogP contribution in [-0.2, 0) is 21.4 Å². The molecule has 5 N–H and O–H groups in total. The van der Waals surface area contributed by atoms with Crippen LogP contribution in [0.1, 0.15) is 25.5 Å². The van der Waals surface area contributed by atoms with Crippen LogP contribution in [0.15, 0.2) is 45.1 Å². The summed E-state index contributed by atoms with van der Waals surface area (Å²) in [6.07, 6.45) is 3.12. The Hall–Kier alpha value is -1.57. The Bertz CT molecular complexity index is 1420. The Labute approximate surface area is 223 Å². The van der Waals surface area contributed by atoms with E-state index in [4.69, 9.17) is 38.8 Å². The number of primary sulfonamides is 1. The molecule has 2 aromatic heterocycles. The SMILES string of the molecule is CC1OCC2(CCN(c3cc(S(N)(=O)=O)c(Sc4cccc(Cl)c4Cl)c4ncc(CO)n34)CC2)C1N. The lowest BCUT2D eigenvalue weighted by molar-refractivity contribution is 0.0974. The van der Waals surface area contributed by atoms with Gasteiger partial charge in [-0.15, -0.1) is 0 Å². The number of aliphatic hydroxyl groups is 1. The van der Waals surface area contributed by atoms with Gasteiger partial charge in [-0.3, -0.25) is 4.40 Å². The fourth-order valence-electron chi connectivity index (χ4n) is 5.14. The second-order valence-corrected chi connectivity index (χ2v) is 12.7. The minimum Gasteiger partial charge on any atom is -0.390 e. The molecule has 13 heteroatoms. The maximum atomic E-state index is 12.8. The molecule has 0 aliphatic carbocycles. The van der Waals surface area contributed by atoms with Crippen LogP contribution in [0.4, 0.5) is 5.82 Å². The molecule has 2 fully saturated rings. The van der Waals surface area contributed by atoms with Gasteiger partial charge >= 0.3 is 0 Å². The zero-order chi connectivity index (χ0) is 25.8. The van der Waals surface area contributed by atoms with E-state index >= 15 is 0 Å². The summed E-state index contributed by atoms with van der Waals surface area (Å²) in [5.74, 6) is 0.590. The fourth-order valence-corrected chi connectivity index (χ4v) is 7.66. The van der Waals surface area contributed by atoms with Crippen molar-refractivity contribution in [3.05, 3.63) is 46.2 Å². The summed E-state index contributed by atoms with van der Waals surface area (Å²) in [4.78, 5) is 7.36. The van der Waals surface area contributed by atoms with Crippen LogP contribution in [-0.4, -0.2) is 54.8 Å². The van der Waals surface area contributed by atoms with E-state index in [0.717, 1.165) is 24.6 Å². The van der Waals surface area contributed by atoms with E-state index < -0.39 is 10.0 Å². The van der Waals surface area contributed by atoms with Gasteiger partial charge in [0.25, 0.3) is 0 Å². The average Bonchev–Trinajstić information content (AvgIpc) is 3.39. The van der Waals surface area contributed by atoms with E-state index in [2.05, 4.69) is 9.88 Å². The molecule has 2 aliphatic heterocycles. The van der Waals surface area contributed by atoms with Gasteiger partial charge in [-0.1, -0.05) is 41.0 Å². The quantitative estimate of drug-likeness (QED) is 0.424. The smallest absolute Gasteiger partial charge is 0.239 e. The first-order valence-electron chi connectivity index (χ1n) is 11.5. The first-order chi connectivity index (χ1) is 17.1. The van der Waals surface area contributed by atoms with Crippen LogP contribution in [0.3, 0.4) is 0 Å². The highest BCUT2D eigenvalue weighted by Crippen LogP contribution is 2.45. The Morgan fingerprint density at radius 3 is 2.64 bits per heavy atom. The minimum absolute atomic E-state index is 0.00139. The summed E-state index contributed by atoms with van der Waals surface area (Å²) >= 11 is 13.7. The predicted octanol–water partition coefficient (Wildman–Crippen LogP) is 3.26. The third-order valence-corrected chi connectivity index (χ3v) is 10.4. The molecule has 2 unspecified atom stereocenters. The third-order valence-electron chi connectivity index (χ3n) is 7.28. The molecule has 5 rings (SSSR count). The van der Waals surface area contributed by atoms with Crippen LogP contribution >= 0.6 is 35.0 Å². The van der Waals surface area contributed by atoms with E-state index in [1.807, 2.05) is 6.92 Å². The van der Waals surface area contributed by atoms with Crippen molar-refractivity contribution in [1.82, 2.24) is 9.38 Å². The number of fused-ring (bicyclic) bond motifs is 1. The van der Waals surface area contributed by atoms with Gasteiger partial charge in [0.1, 0.15) is 10.7 Å². The van der Waals surface area contributed by atoms with Crippen molar-refractivity contribution in [3.8, 4) is 0 Å². The molecule has 194 valence electrons. The Morgan fingerprint density at radius 2 is 2.03 bits per heavy atom. The Morgan fingerprint density at radius 1 is 1.31 bits per heavy atom. The number of sulfonamides is 1. The van der Waals surface area contributed by atoms with Crippen molar-refractivity contribution in [1.29, 1.82) is 0 Å². The van der Waals surface area contributed by atoms with Crippen LogP contribution in [0.5, 0.6) is 0 Å². The molecule has 2 saturated heterocycles. The molecule has 0 radical (unpaired) electrons. The molecule has 4 heterocycles. The molecule has 36 heavy (non-hydrogen) atoms. The van der Waals surface area contributed by atoms with E-state index in [1.165, 1.54) is 6.20 Å². The standard InChI is InChI=1S/C23H27Cl2N5O4S2/c1-13-21(26)23(12-34-13)5-7-29(8-6-23)18-9-17(36(27,32)33)20(22-28-10-14(11-31)30(18)22)35-16-4-2-3-15(24)19(16)25/h2-4,9-10,13,21,31H,5-8,11-12,26H2,1H3,(H2,27,32,33). The number of hydrogen-bond acceptors (Lipinski definition) is 8. The summed E-state index contributed by atoms with van der Waals surface area (Å²) in [7, 11) is -4.14. The summed E-state index contributed by atoms with van der Waals surface area (Å²) in [5.41, 5.74) is 7.25. The molecule has 3 aromatic rings. The second kappa shape index (κ2) is 9.63. The molecule has 2 atom stereocenters. The monoisotopic (exact) mass is 571 g/mol. The Kier molecular flexibility index (Phi) is 6.97. The third kappa shape index (κ3) is 4.39. The van der Waals surface area contributed by atoms with Crippen LogP contribution in [0, 0.1) is 5.41 Å². The predicted molar refractivity (Wildman–Crippen MR) is 140 cm³/mol. The molecule has 0 bridgehead atoms. The topological polar surface area (TPSA) is 136 Å². The second-order valence-electron chi connectivity index (χ2n) is 9.35. The summed E-state index contributed by atoms with van der Waals surface area (Å²) in [6, 6.07) is 6.62. The average molecular weight is 573 g/mol. The van der Waals surface area contributed by atoms with Gasteiger partial charge < -0.3 is 20.5 Å². The summed E-state index contributed by atoms with van der Waals surface area (Å²) in [5, 5.41) is 16.4. The molecular weight excluding hydrogens is 545 g/mol. The molecule has 9 nitrogen and oxygen atoms in total. The van der Waals surface area contributed by atoms with E-state index in [-0.39, 0.29) is 29.1 Å². The molecule has 1 aromatic carbocycles. The number of nitrogens with two attached hydrogens (primary N) is 2. The van der Waals surface area contributed by atoms with Crippen LogP contribution in [0.2, 0.25) is 10.0 Å². The fraction of sp³-hybridized carbons (Fsp3) is 0.435. The Balaban J connectivity index is 1.62. The van der Waals surface area contributed by atoms with Gasteiger partial charge in [0.2, 0.25) is 10.0 Å². The number of pyridine rings is 1. The lowest BCUT2D eigenvalue weighted by atomic mass is 9.73.